The molecule has 0 spiro atoms. The van der Waals surface area contributed by atoms with Crippen molar-refractivity contribution in [2.24, 2.45) is 0 Å². The Kier molecular flexibility index (Phi) is 2.57. The molecule has 2 heteroatoms. The van der Waals surface area contributed by atoms with Crippen LogP contribution in [0.25, 0.3) is 53.4 Å². The lowest BCUT2D eigenvalue weighted by molar-refractivity contribution is 1.18. The average Bonchev–Trinajstić information content (AvgIpc) is 3.26. The zero-order valence-corrected chi connectivity index (χ0v) is 15.6. The molecule has 0 unspecified atom stereocenters. The molecule has 0 saturated heterocycles. The third-order valence-corrected chi connectivity index (χ3v) is 6.95. The summed E-state index contributed by atoms with van der Waals surface area (Å²) in [7, 11) is 0. The monoisotopic (exact) mass is 351 g/mol. The number of rotatable bonds is 1. The second-order valence-corrected chi connectivity index (χ2v) is 8.23. The van der Waals surface area contributed by atoms with Gasteiger partial charge in [-0.3, -0.25) is 0 Å². The molecule has 1 nitrogen and oxygen atoms in total. The van der Waals surface area contributed by atoms with Gasteiger partial charge >= 0.3 is 0 Å². The van der Waals surface area contributed by atoms with Gasteiger partial charge in [0.05, 0.1) is 11.0 Å². The lowest BCUT2D eigenvalue weighted by Gasteiger charge is -2.01. The fraction of sp³-hybridized carbons (Fsp3) is 0.0833. The van der Waals surface area contributed by atoms with E-state index in [1.165, 1.54) is 64.2 Å². The van der Waals surface area contributed by atoms with Gasteiger partial charge in [0.25, 0.3) is 0 Å². The van der Waals surface area contributed by atoms with Crippen molar-refractivity contribution in [2.45, 2.75) is 13.8 Å². The molecule has 0 saturated carbocycles. The topological polar surface area (TPSA) is 4.41 Å². The number of nitrogens with zero attached hydrogens (tertiary/aromatic N) is 1. The number of hydrogen-bond donors (Lipinski definition) is 0. The zero-order chi connectivity index (χ0) is 17.6. The van der Waals surface area contributed by atoms with E-state index in [-0.39, 0.29) is 0 Å². The Morgan fingerprint density at radius 2 is 1.77 bits per heavy atom. The molecule has 124 valence electrons. The maximum Gasteiger partial charge on any atom is 0.0631 e. The molecule has 0 atom stereocenters. The van der Waals surface area contributed by atoms with E-state index in [0.717, 1.165) is 0 Å². The smallest absolute Gasteiger partial charge is 0.0631 e. The van der Waals surface area contributed by atoms with Crippen LogP contribution in [0.3, 0.4) is 0 Å². The lowest BCUT2D eigenvalue weighted by Crippen LogP contribution is -1.85. The number of fused-ring (bicyclic) bond motifs is 7. The highest BCUT2D eigenvalue weighted by Crippen LogP contribution is 2.46. The first-order valence-electron chi connectivity index (χ1n) is 8.92. The van der Waals surface area contributed by atoms with E-state index in [1.807, 2.05) is 17.4 Å². The fourth-order valence-corrected chi connectivity index (χ4v) is 5.87. The minimum Gasteiger partial charge on any atom is -0.312 e. The molecule has 3 aromatic heterocycles. The molecule has 0 aliphatic rings. The molecule has 0 radical (unpaired) electrons. The van der Waals surface area contributed by atoms with Crippen molar-refractivity contribution < 1.29 is 0 Å². The van der Waals surface area contributed by atoms with Crippen molar-refractivity contribution >= 4 is 64.8 Å². The quantitative estimate of drug-likeness (QED) is 0.292. The Hall–Kier alpha value is -2.84. The minimum atomic E-state index is 1.25. The van der Waals surface area contributed by atoms with Gasteiger partial charge in [-0.25, -0.2) is 0 Å². The van der Waals surface area contributed by atoms with E-state index < -0.39 is 0 Å². The number of hydrogen-bond acceptors (Lipinski definition) is 1. The predicted molar refractivity (Wildman–Crippen MR) is 116 cm³/mol. The fourth-order valence-electron chi connectivity index (χ4n) is 4.62. The van der Waals surface area contributed by atoms with Gasteiger partial charge in [0.2, 0.25) is 0 Å². The molecular weight excluding hydrogens is 334 g/mol. The van der Waals surface area contributed by atoms with Crippen molar-refractivity contribution in [2.75, 3.05) is 0 Å². The summed E-state index contributed by atoms with van der Waals surface area (Å²) in [6.07, 6.45) is 2.01. The molecule has 0 N–H and O–H groups in total. The molecule has 3 heterocycles. The van der Waals surface area contributed by atoms with Crippen molar-refractivity contribution in [3.63, 3.8) is 0 Å². The van der Waals surface area contributed by atoms with Crippen LogP contribution < -0.4 is 0 Å². The van der Waals surface area contributed by atoms with Crippen molar-refractivity contribution in [1.29, 1.82) is 0 Å². The van der Waals surface area contributed by atoms with Gasteiger partial charge in [-0.1, -0.05) is 42.5 Å². The third kappa shape index (κ3) is 1.52. The Morgan fingerprint density at radius 3 is 2.62 bits per heavy atom. The van der Waals surface area contributed by atoms with Crippen LogP contribution in [-0.2, 0) is 0 Å². The Labute approximate surface area is 155 Å². The van der Waals surface area contributed by atoms with Crippen LogP contribution in [0, 0.1) is 13.8 Å². The normalized spacial score (nSPS) is 12.4. The second-order valence-electron chi connectivity index (χ2n) is 7.18. The summed E-state index contributed by atoms with van der Waals surface area (Å²) in [6, 6.07) is 18.0. The molecule has 0 aliphatic heterocycles. The number of aromatic nitrogens is 1. The van der Waals surface area contributed by atoms with E-state index in [0.29, 0.717) is 0 Å². The Balaban J connectivity index is 2.06. The lowest BCUT2D eigenvalue weighted by atomic mass is 10.0. The van der Waals surface area contributed by atoms with Gasteiger partial charge in [0, 0.05) is 47.6 Å². The summed E-state index contributed by atoms with van der Waals surface area (Å²) in [5.41, 5.74) is 6.48. The number of thiophene rings is 1. The summed E-state index contributed by atoms with van der Waals surface area (Å²) in [6.45, 7) is 8.49. The first-order valence-corrected chi connectivity index (χ1v) is 9.74. The van der Waals surface area contributed by atoms with Crippen molar-refractivity contribution in [3.8, 4) is 0 Å². The van der Waals surface area contributed by atoms with Crippen molar-refractivity contribution in [3.05, 3.63) is 71.9 Å². The van der Waals surface area contributed by atoms with Gasteiger partial charge in [0.1, 0.15) is 0 Å². The van der Waals surface area contributed by atoms with Crippen LogP contribution >= 0.6 is 11.3 Å². The van der Waals surface area contributed by atoms with Gasteiger partial charge in [-0.2, -0.15) is 0 Å². The van der Waals surface area contributed by atoms with Crippen LogP contribution in [0.1, 0.15) is 16.8 Å². The van der Waals surface area contributed by atoms with Crippen LogP contribution in [0.15, 0.2) is 55.1 Å². The SMILES string of the molecule is C=Cc1c(C)n2c3ccc(C)cc3c3c4sc5ccccc5c4cc1c32. The van der Waals surface area contributed by atoms with E-state index in [9.17, 15) is 0 Å². The molecule has 26 heavy (non-hydrogen) atoms. The Bertz CT molecular complexity index is 1510. The first kappa shape index (κ1) is 14.3. The maximum atomic E-state index is 4.10. The van der Waals surface area contributed by atoms with Crippen molar-refractivity contribution in [1.82, 2.24) is 4.40 Å². The summed E-state index contributed by atoms with van der Waals surface area (Å²) in [4.78, 5) is 0. The molecule has 0 fully saturated rings. The highest BCUT2D eigenvalue weighted by atomic mass is 32.1. The molecule has 0 bridgehead atoms. The average molecular weight is 351 g/mol. The van der Waals surface area contributed by atoms with E-state index in [2.05, 4.69) is 73.4 Å². The van der Waals surface area contributed by atoms with Gasteiger partial charge in [-0.15, -0.1) is 11.3 Å². The van der Waals surface area contributed by atoms with Crippen LogP contribution in [0.5, 0.6) is 0 Å². The molecule has 0 aliphatic carbocycles. The molecule has 6 aromatic rings. The number of aryl methyl sites for hydroxylation is 2. The summed E-state index contributed by atoms with van der Waals surface area (Å²) < 4.78 is 5.19. The van der Waals surface area contributed by atoms with Crippen LogP contribution in [-0.4, -0.2) is 4.40 Å². The first-order chi connectivity index (χ1) is 12.7. The van der Waals surface area contributed by atoms with E-state index in [1.54, 1.807) is 0 Å². The predicted octanol–water partition coefficient (Wildman–Crippen LogP) is 7.31. The summed E-state index contributed by atoms with van der Waals surface area (Å²) in [5.74, 6) is 0. The van der Waals surface area contributed by atoms with Gasteiger partial charge in [0.15, 0.2) is 0 Å². The minimum absolute atomic E-state index is 1.25. The highest BCUT2D eigenvalue weighted by Gasteiger charge is 2.22. The maximum absolute atomic E-state index is 4.10. The van der Waals surface area contributed by atoms with E-state index in [4.69, 9.17) is 0 Å². The van der Waals surface area contributed by atoms with E-state index >= 15 is 0 Å². The zero-order valence-electron chi connectivity index (χ0n) is 14.8. The second kappa shape index (κ2) is 4.66. The molecule has 0 amide bonds. The van der Waals surface area contributed by atoms with Gasteiger partial charge in [-0.05, 0) is 38.1 Å². The standard InChI is InChI=1S/C24H17NS/c1-4-15-14(3)25-20-10-9-13(2)11-19(20)22-23(25)17(15)12-18-16-7-5-6-8-21(16)26-24(18)22/h4-12H,1H2,2-3H3. The Morgan fingerprint density at radius 1 is 0.923 bits per heavy atom. The van der Waals surface area contributed by atoms with Gasteiger partial charge < -0.3 is 4.40 Å². The summed E-state index contributed by atoms with van der Waals surface area (Å²) in [5, 5.41) is 6.79. The largest absolute Gasteiger partial charge is 0.312 e. The third-order valence-electron chi connectivity index (χ3n) is 5.75. The summed E-state index contributed by atoms with van der Waals surface area (Å²) >= 11 is 1.91. The van der Waals surface area contributed by atoms with Crippen LogP contribution in [0.2, 0.25) is 0 Å². The molecular formula is C24H17NS. The molecule has 3 aromatic carbocycles. The highest BCUT2D eigenvalue weighted by molar-refractivity contribution is 7.26. The number of benzene rings is 3. The molecule has 6 rings (SSSR count). The van der Waals surface area contributed by atoms with Crippen LogP contribution in [0.4, 0.5) is 0 Å².